The Kier molecular flexibility index (Phi) is 11.9. The van der Waals surface area contributed by atoms with E-state index in [9.17, 15) is 0 Å². The molecule has 2 N–H and O–H groups in total. The standard InChI is InChI=1S/C17H32N4S.HI/c1-13(2)10-15(21(5)6)12-20-17(18-4)19-11-14(3)16-8-7-9-22-16;/h7-9,13-15H,10-12H2,1-6H3,(H2,18,19,20);1H. The van der Waals surface area contributed by atoms with Gasteiger partial charge in [0.05, 0.1) is 0 Å². The van der Waals surface area contributed by atoms with E-state index in [2.05, 4.69) is 72.9 Å². The Labute approximate surface area is 163 Å². The van der Waals surface area contributed by atoms with Gasteiger partial charge in [0.1, 0.15) is 0 Å². The van der Waals surface area contributed by atoms with E-state index in [0.717, 1.165) is 19.0 Å². The fourth-order valence-electron chi connectivity index (χ4n) is 2.38. The van der Waals surface area contributed by atoms with Crippen LogP contribution in [-0.2, 0) is 0 Å². The molecule has 1 aromatic rings. The zero-order valence-corrected chi connectivity index (χ0v) is 18.4. The quantitative estimate of drug-likeness (QED) is 0.360. The molecule has 0 amide bonds. The third-order valence-electron chi connectivity index (χ3n) is 3.81. The van der Waals surface area contributed by atoms with Crippen molar-refractivity contribution < 1.29 is 0 Å². The molecule has 4 nitrogen and oxygen atoms in total. The van der Waals surface area contributed by atoms with Gasteiger partial charge >= 0.3 is 0 Å². The molecule has 0 saturated heterocycles. The monoisotopic (exact) mass is 452 g/mol. The average Bonchev–Trinajstić information content (AvgIpc) is 2.99. The molecule has 23 heavy (non-hydrogen) atoms. The van der Waals surface area contributed by atoms with E-state index >= 15 is 0 Å². The van der Waals surface area contributed by atoms with Gasteiger partial charge in [-0.25, -0.2) is 0 Å². The molecule has 1 aromatic heterocycles. The maximum atomic E-state index is 4.33. The molecule has 2 unspecified atom stereocenters. The molecule has 0 fully saturated rings. The molecule has 0 spiro atoms. The summed E-state index contributed by atoms with van der Waals surface area (Å²) in [4.78, 5) is 8.03. The van der Waals surface area contributed by atoms with E-state index in [0.29, 0.717) is 17.9 Å². The minimum Gasteiger partial charge on any atom is -0.356 e. The van der Waals surface area contributed by atoms with Crippen LogP contribution in [0.5, 0.6) is 0 Å². The minimum atomic E-state index is 0. The van der Waals surface area contributed by atoms with Crippen LogP contribution in [0.2, 0.25) is 0 Å². The number of aliphatic imine (C=N–C) groups is 1. The van der Waals surface area contributed by atoms with Crippen molar-refractivity contribution in [2.24, 2.45) is 10.9 Å². The van der Waals surface area contributed by atoms with Crippen LogP contribution in [0.3, 0.4) is 0 Å². The Hall–Kier alpha value is -0.340. The summed E-state index contributed by atoms with van der Waals surface area (Å²) in [6, 6.07) is 4.82. The summed E-state index contributed by atoms with van der Waals surface area (Å²) < 4.78 is 0. The summed E-state index contributed by atoms with van der Waals surface area (Å²) in [5.74, 6) is 2.08. The van der Waals surface area contributed by atoms with Gasteiger partial charge in [-0.05, 0) is 37.9 Å². The van der Waals surface area contributed by atoms with Crippen molar-refractivity contribution in [2.75, 3.05) is 34.2 Å². The van der Waals surface area contributed by atoms with Crippen LogP contribution < -0.4 is 10.6 Å². The molecule has 0 saturated carbocycles. The van der Waals surface area contributed by atoms with Crippen molar-refractivity contribution in [3.05, 3.63) is 22.4 Å². The minimum absolute atomic E-state index is 0. The molecular formula is C17H33IN4S. The number of hydrogen-bond acceptors (Lipinski definition) is 3. The van der Waals surface area contributed by atoms with Crippen LogP contribution in [0.15, 0.2) is 22.5 Å². The first kappa shape index (κ1) is 22.7. The Morgan fingerprint density at radius 1 is 1.22 bits per heavy atom. The summed E-state index contributed by atoms with van der Waals surface area (Å²) in [6.07, 6.45) is 1.18. The van der Waals surface area contributed by atoms with Gasteiger partial charge < -0.3 is 15.5 Å². The van der Waals surface area contributed by atoms with E-state index in [1.807, 2.05) is 18.4 Å². The second-order valence-corrected chi connectivity index (χ2v) is 7.48. The van der Waals surface area contributed by atoms with E-state index in [-0.39, 0.29) is 24.0 Å². The normalized spacial score (nSPS) is 14.5. The average molecular weight is 452 g/mol. The van der Waals surface area contributed by atoms with Crippen LogP contribution >= 0.6 is 35.3 Å². The Balaban J connectivity index is 0.00000484. The SMILES string of the molecule is CN=C(NCC(C)c1cccs1)NCC(CC(C)C)N(C)C.I. The molecule has 2 atom stereocenters. The van der Waals surface area contributed by atoms with Gasteiger partial charge in [-0.3, -0.25) is 4.99 Å². The Bertz CT molecular complexity index is 432. The van der Waals surface area contributed by atoms with Crippen LogP contribution in [-0.4, -0.2) is 51.1 Å². The molecule has 0 bridgehead atoms. The molecular weight excluding hydrogens is 419 g/mol. The van der Waals surface area contributed by atoms with Gasteiger partial charge in [0.25, 0.3) is 0 Å². The fraction of sp³-hybridized carbons (Fsp3) is 0.706. The van der Waals surface area contributed by atoms with Crippen molar-refractivity contribution in [1.82, 2.24) is 15.5 Å². The van der Waals surface area contributed by atoms with Crippen molar-refractivity contribution in [1.29, 1.82) is 0 Å². The van der Waals surface area contributed by atoms with Gasteiger partial charge in [-0.15, -0.1) is 35.3 Å². The van der Waals surface area contributed by atoms with Gasteiger partial charge in [0.2, 0.25) is 0 Å². The maximum absolute atomic E-state index is 4.33. The summed E-state index contributed by atoms with van der Waals surface area (Å²) in [5.41, 5.74) is 0. The number of rotatable bonds is 8. The van der Waals surface area contributed by atoms with Crippen LogP contribution in [0.25, 0.3) is 0 Å². The molecule has 0 aliphatic carbocycles. The van der Waals surface area contributed by atoms with Crippen LogP contribution in [0.4, 0.5) is 0 Å². The number of nitrogens with one attached hydrogen (secondary N) is 2. The number of nitrogens with zero attached hydrogens (tertiary/aromatic N) is 2. The number of thiophene rings is 1. The molecule has 0 radical (unpaired) electrons. The highest BCUT2D eigenvalue weighted by Gasteiger charge is 2.14. The summed E-state index contributed by atoms with van der Waals surface area (Å²) in [7, 11) is 6.12. The van der Waals surface area contributed by atoms with E-state index < -0.39 is 0 Å². The van der Waals surface area contributed by atoms with Gasteiger partial charge in [0, 0.05) is 37.0 Å². The van der Waals surface area contributed by atoms with E-state index in [1.165, 1.54) is 11.3 Å². The molecule has 1 heterocycles. The van der Waals surface area contributed by atoms with Crippen molar-refractivity contribution in [2.45, 2.75) is 39.2 Å². The lowest BCUT2D eigenvalue weighted by atomic mass is 10.0. The third kappa shape index (κ3) is 8.91. The largest absolute Gasteiger partial charge is 0.356 e. The number of likely N-dealkylation sites (N-methyl/N-ethyl adjacent to an activating group) is 1. The van der Waals surface area contributed by atoms with Crippen molar-refractivity contribution >= 4 is 41.3 Å². The first-order valence-electron chi connectivity index (χ1n) is 8.08. The predicted octanol–water partition coefficient (Wildman–Crippen LogP) is 3.61. The molecule has 0 aromatic carbocycles. The second kappa shape index (κ2) is 12.1. The highest BCUT2D eigenvalue weighted by molar-refractivity contribution is 14.0. The first-order valence-corrected chi connectivity index (χ1v) is 8.96. The first-order chi connectivity index (χ1) is 10.4. The lowest BCUT2D eigenvalue weighted by Crippen LogP contribution is -2.46. The van der Waals surface area contributed by atoms with Gasteiger partial charge in [0.15, 0.2) is 5.96 Å². The molecule has 0 aliphatic heterocycles. The van der Waals surface area contributed by atoms with Crippen LogP contribution in [0, 0.1) is 5.92 Å². The highest BCUT2D eigenvalue weighted by Crippen LogP contribution is 2.19. The molecule has 0 aliphatic rings. The molecule has 6 heteroatoms. The van der Waals surface area contributed by atoms with Gasteiger partial charge in [-0.2, -0.15) is 0 Å². The Morgan fingerprint density at radius 2 is 1.87 bits per heavy atom. The Morgan fingerprint density at radius 3 is 2.35 bits per heavy atom. The van der Waals surface area contributed by atoms with E-state index in [4.69, 9.17) is 0 Å². The predicted molar refractivity (Wildman–Crippen MR) is 114 cm³/mol. The zero-order chi connectivity index (χ0) is 16.5. The number of hydrogen-bond donors (Lipinski definition) is 2. The molecule has 134 valence electrons. The van der Waals surface area contributed by atoms with E-state index in [1.54, 1.807) is 0 Å². The smallest absolute Gasteiger partial charge is 0.191 e. The number of guanidine groups is 1. The number of halogens is 1. The maximum Gasteiger partial charge on any atom is 0.191 e. The molecule has 1 rings (SSSR count). The summed E-state index contributed by atoms with van der Waals surface area (Å²) >= 11 is 1.81. The second-order valence-electron chi connectivity index (χ2n) is 6.50. The third-order valence-corrected chi connectivity index (χ3v) is 4.91. The topological polar surface area (TPSA) is 39.7 Å². The fourth-order valence-corrected chi connectivity index (χ4v) is 3.17. The van der Waals surface area contributed by atoms with Crippen molar-refractivity contribution in [3.8, 4) is 0 Å². The lowest BCUT2D eigenvalue weighted by Gasteiger charge is -2.27. The summed E-state index contributed by atoms with van der Waals surface area (Å²) in [5, 5.41) is 9.02. The highest BCUT2D eigenvalue weighted by atomic mass is 127. The van der Waals surface area contributed by atoms with Crippen LogP contribution in [0.1, 0.15) is 38.0 Å². The van der Waals surface area contributed by atoms with Crippen molar-refractivity contribution in [3.63, 3.8) is 0 Å². The lowest BCUT2D eigenvalue weighted by molar-refractivity contribution is 0.254. The zero-order valence-electron chi connectivity index (χ0n) is 15.3. The van der Waals surface area contributed by atoms with Gasteiger partial charge in [-0.1, -0.05) is 26.8 Å². The summed E-state index contributed by atoms with van der Waals surface area (Å²) in [6.45, 7) is 8.60.